The number of nitrogens with zero attached hydrogens (tertiary/aromatic N) is 2. The Hall–Kier alpha value is -0.310. The molecule has 1 heterocycles. The number of aryl methyl sites for hydroxylation is 1. The molecular formula is C15H25BrN2. The molecule has 0 aliphatic heterocycles. The molecule has 1 aliphatic rings. The summed E-state index contributed by atoms with van der Waals surface area (Å²) in [6.07, 6.45) is 7.15. The highest BCUT2D eigenvalue weighted by molar-refractivity contribution is 9.09. The Kier molecular flexibility index (Phi) is 4.20. The van der Waals surface area contributed by atoms with Gasteiger partial charge in [-0.25, -0.2) is 0 Å². The second-order valence-electron chi connectivity index (χ2n) is 6.84. The summed E-state index contributed by atoms with van der Waals surface area (Å²) in [5, 5.41) is 4.52. The number of halogens is 1. The van der Waals surface area contributed by atoms with Gasteiger partial charge in [0.2, 0.25) is 0 Å². The lowest BCUT2D eigenvalue weighted by molar-refractivity contribution is 0.146. The maximum Gasteiger partial charge on any atom is 0.0627 e. The first-order valence-corrected chi connectivity index (χ1v) is 7.90. The normalized spacial score (nSPS) is 29.5. The minimum atomic E-state index is 0.440. The first-order chi connectivity index (χ1) is 8.36. The fourth-order valence-electron chi connectivity index (χ4n) is 3.07. The van der Waals surface area contributed by atoms with E-state index < -0.39 is 0 Å². The van der Waals surface area contributed by atoms with Crippen molar-refractivity contribution in [2.45, 2.75) is 51.3 Å². The number of alkyl halides is 1. The zero-order valence-electron chi connectivity index (χ0n) is 12.0. The Morgan fingerprint density at radius 1 is 1.39 bits per heavy atom. The van der Waals surface area contributed by atoms with Crippen LogP contribution in [-0.4, -0.2) is 14.6 Å². The van der Waals surface area contributed by atoms with Crippen LogP contribution >= 0.6 is 15.9 Å². The van der Waals surface area contributed by atoms with Gasteiger partial charge in [0, 0.05) is 18.1 Å². The predicted molar refractivity (Wildman–Crippen MR) is 79.9 cm³/mol. The van der Waals surface area contributed by atoms with Crippen LogP contribution in [0.1, 0.15) is 45.7 Å². The van der Waals surface area contributed by atoms with Crippen LogP contribution in [0, 0.1) is 17.3 Å². The van der Waals surface area contributed by atoms with Crippen LogP contribution in [0.15, 0.2) is 12.3 Å². The summed E-state index contributed by atoms with van der Waals surface area (Å²) in [5.74, 6) is 1.58. The summed E-state index contributed by atoms with van der Waals surface area (Å²) >= 11 is 3.88. The summed E-state index contributed by atoms with van der Waals surface area (Å²) in [7, 11) is 1.99. The van der Waals surface area contributed by atoms with Crippen LogP contribution in [0.2, 0.25) is 0 Å². The molecule has 1 saturated carbocycles. The van der Waals surface area contributed by atoms with Crippen molar-refractivity contribution < 1.29 is 0 Å². The van der Waals surface area contributed by atoms with Crippen molar-refractivity contribution in [3.05, 3.63) is 18.0 Å². The van der Waals surface area contributed by atoms with E-state index in [1.165, 1.54) is 25.0 Å². The molecule has 0 amide bonds. The van der Waals surface area contributed by atoms with Gasteiger partial charge in [0.05, 0.1) is 5.69 Å². The third kappa shape index (κ3) is 3.37. The number of hydrogen-bond donors (Lipinski definition) is 0. The molecule has 0 saturated heterocycles. The summed E-state index contributed by atoms with van der Waals surface area (Å²) in [4.78, 5) is 0.665. The molecule has 1 fully saturated rings. The number of hydrogen-bond acceptors (Lipinski definition) is 1. The molecule has 3 unspecified atom stereocenters. The molecular weight excluding hydrogens is 288 g/mol. The van der Waals surface area contributed by atoms with E-state index in [1.807, 2.05) is 17.9 Å². The molecule has 0 radical (unpaired) electrons. The van der Waals surface area contributed by atoms with Crippen LogP contribution in [0.3, 0.4) is 0 Å². The Morgan fingerprint density at radius 2 is 2.11 bits per heavy atom. The molecule has 0 N–H and O–H groups in total. The lowest BCUT2D eigenvalue weighted by Gasteiger charge is -2.40. The first-order valence-electron chi connectivity index (χ1n) is 6.99. The lowest BCUT2D eigenvalue weighted by atomic mass is 9.68. The molecule has 0 bridgehead atoms. The zero-order valence-corrected chi connectivity index (χ0v) is 13.6. The lowest BCUT2D eigenvalue weighted by Crippen LogP contribution is -2.33. The van der Waals surface area contributed by atoms with Crippen molar-refractivity contribution >= 4 is 15.9 Å². The molecule has 18 heavy (non-hydrogen) atoms. The van der Waals surface area contributed by atoms with Gasteiger partial charge in [-0.2, -0.15) is 5.10 Å². The van der Waals surface area contributed by atoms with Crippen molar-refractivity contribution in [2.24, 2.45) is 24.3 Å². The van der Waals surface area contributed by atoms with E-state index in [2.05, 4.69) is 47.9 Å². The topological polar surface area (TPSA) is 17.8 Å². The highest BCUT2D eigenvalue weighted by Crippen LogP contribution is 2.43. The van der Waals surface area contributed by atoms with Gasteiger partial charge in [-0.05, 0) is 49.0 Å². The molecule has 3 atom stereocenters. The molecule has 102 valence electrons. The Balaban J connectivity index is 2.02. The van der Waals surface area contributed by atoms with Crippen LogP contribution in [-0.2, 0) is 13.5 Å². The van der Waals surface area contributed by atoms with Crippen molar-refractivity contribution in [1.82, 2.24) is 9.78 Å². The van der Waals surface area contributed by atoms with Crippen LogP contribution in [0.5, 0.6) is 0 Å². The molecule has 1 aromatic heterocycles. The van der Waals surface area contributed by atoms with Gasteiger partial charge in [-0.3, -0.25) is 4.68 Å². The Labute approximate surface area is 119 Å². The largest absolute Gasteiger partial charge is 0.276 e. The maximum atomic E-state index is 4.52. The van der Waals surface area contributed by atoms with Gasteiger partial charge in [-0.1, -0.05) is 36.7 Å². The molecule has 1 aromatic rings. The van der Waals surface area contributed by atoms with Crippen LogP contribution in [0.4, 0.5) is 0 Å². The highest BCUT2D eigenvalue weighted by atomic mass is 79.9. The molecule has 2 nitrogen and oxygen atoms in total. The predicted octanol–water partition coefficient (Wildman–Crippen LogP) is 4.19. The van der Waals surface area contributed by atoms with E-state index in [-0.39, 0.29) is 0 Å². The van der Waals surface area contributed by atoms with E-state index in [0.29, 0.717) is 10.2 Å². The van der Waals surface area contributed by atoms with Crippen molar-refractivity contribution in [3.63, 3.8) is 0 Å². The molecule has 3 heteroatoms. The average Bonchev–Trinajstić information content (AvgIpc) is 2.66. The van der Waals surface area contributed by atoms with E-state index in [1.54, 1.807) is 0 Å². The van der Waals surface area contributed by atoms with Gasteiger partial charge in [-0.15, -0.1) is 0 Å². The standard InChI is InChI=1S/C15H25BrN2/c1-15(2,3)12-5-6-14(16)11(9-12)10-13-7-8-18(4)17-13/h7-8,11-12,14H,5-6,9-10H2,1-4H3. The molecule has 2 rings (SSSR count). The fourth-order valence-corrected chi connectivity index (χ4v) is 3.73. The molecule has 0 aromatic carbocycles. The second kappa shape index (κ2) is 5.36. The van der Waals surface area contributed by atoms with E-state index in [9.17, 15) is 0 Å². The third-order valence-corrected chi connectivity index (χ3v) is 5.56. The van der Waals surface area contributed by atoms with E-state index in [0.717, 1.165) is 18.3 Å². The van der Waals surface area contributed by atoms with Crippen molar-refractivity contribution in [1.29, 1.82) is 0 Å². The smallest absolute Gasteiger partial charge is 0.0627 e. The second-order valence-corrected chi connectivity index (χ2v) is 8.01. The molecule has 1 aliphatic carbocycles. The van der Waals surface area contributed by atoms with E-state index >= 15 is 0 Å². The summed E-state index contributed by atoms with van der Waals surface area (Å²) in [6.45, 7) is 7.14. The summed E-state index contributed by atoms with van der Waals surface area (Å²) < 4.78 is 1.91. The Morgan fingerprint density at radius 3 is 2.67 bits per heavy atom. The minimum Gasteiger partial charge on any atom is -0.276 e. The number of rotatable bonds is 2. The quantitative estimate of drug-likeness (QED) is 0.749. The average molecular weight is 313 g/mol. The summed E-state index contributed by atoms with van der Waals surface area (Å²) in [5.41, 5.74) is 1.68. The third-order valence-electron chi connectivity index (χ3n) is 4.35. The first kappa shape index (κ1) is 14.1. The van der Waals surface area contributed by atoms with Gasteiger partial charge >= 0.3 is 0 Å². The maximum absolute atomic E-state index is 4.52. The SMILES string of the molecule is Cn1ccc(CC2CC(C(C)(C)C)CCC2Br)n1. The number of aromatic nitrogens is 2. The van der Waals surface area contributed by atoms with Crippen LogP contribution < -0.4 is 0 Å². The van der Waals surface area contributed by atoms with Crippen LogP contribution in [0.25, 0.3) is 0 Å². The molecule has 0 spiro atoms. The van der Waals surface area contributed by atoms with Gasteiger partial charge < -0.3 is 0 Å². The monoisotopic (exact) mass is 312 g/mol. The van der Waals surface area contributed by atoms with Gasteiger partial charge in [0.25, 0.3) is 0 Å². The zero-order chi connectivity index (χ0) is 13.3. The van der Waals surface area contributed by atoms with E-state index in [4.69, 9.17) is 0 Å². The fraction of sp³-hybridized carbons (Fsp3) is 0.800. The highest BCUT2D eigenvalue weighted by Gasteiger charge is 2.34. The van der Waals surface area contributed by atoms with Crippen molar-refractivity contribution in [3.8, 4) is 0 Å². The van der Waals surface area contributed by atoms with Crippen molar-refractivity contribution in [2.75, 3.05) is 0 Å². The minimum absolute atomic E-state index is 0.440. The van der Waals surface area contributed by atoms with Gasteiger partial charge in [0.15, 0.2) is 0 Å². The van der Waals surface area contributed by atoms with Gasteiger partial charge in [0.1, 0.15) is 0 Å². The summed E-state index contributed by atoms with van der Waals surface area (Å²) in [6, 6.07) is 2.15. The Bertz CT molecular complexity index is 391.